The van der Waals surface area contributed by atoms with Crippen molar-refractivity contribution in [2.24, 2.45) is 5.92 Å². The number of nitrogens with zero attached hydrogens (tertiary/aromatic N) is 6. The van der Waals surface area contributed by atoms with E-state index >= 15 is 8.78 Å². The molecular weight excluding hydrogens is 781 g/mol. The second kappa shape index (κ2) is 15.5. The molecule has 15 heteroatoms. The molecule has 3 aromatic carbocycles. The van der Waals surface area contributed by atoms with Gasteiger partial charge in [-0.05, 0) is 92.8 Å². The zero-order chi connectivity index (χ0) is 42.0. The van der Waals surface area contributed by atoms with Gasteiger partial charge in [-0.2, -0.15) is 9.97 Å². The zero-order valence-electron chi connectivity index (χ0n) is 33.9. The third-order valence-electron chi connectivity index (χ3n) is 12.7. The summed E-state index contributed by atoms with van der Waals surface area (Å²) in [7, 11) is 0. The van der Waals surface area contributed by atoms with Crippen molar-refractivity contribution in [2.75, 3.05) is 31.1 Å². The third-order valence-corrected chi connectivity index (χ3v) is 12.7. The number of hydrogen-bond acceptors (Lipinski definition) is 10. The van der Waals surface area contributed by atoms with Crippen molar-refractivity contribution in [2.45, 2.75) is 96.2 Å². The number of ether oxygens (including phenoxy) is 3. The fraction of sp³-hybridized carbons (Fsp3) is 0.444. The topological polar surface area (TPSA) is 110 Å². The first-order valence-electron chi connectivity index (χ1n) is 20.6. The monoisotopic (exact) mass is 826 g/mol. The first kappa shape index (κ1) is 39.9. The second-order valence-electron chi connectivity index (χ2n) is 16.9. The SMILES string of the molecule is Cc1cc(-c2ncc3c(N4CC5CCC(C4)N5C(=O)OC(C)OC(=O)C(C)C)nc(OCC45CCCN4C(c4ccc(F)cc4)CC5)nc3c2F)c2c(F)c(F)ccc2c1. The maximum absolute atomic E-state index is 17.2. The number of fused-ring (bicyclic) bond motifs is 5. The lowest BCUT2D eigenvalue weighted by Crippen LogP contribution is -2.56. The number of aromatic nitrogens is 3. The van der Waals surface area contributed by atoms with Gasteiger partial charge in [0.25, 0.3) is 0 Å². The van der Waals surface area contributed by atoms with Gasteiger partial charge in [0.05, 0.1) is 28.9 Å². The summed E-state index contributed by atoms with van der Waals surface area (Å²) in [6.45, 7) is 8.40. The Hall–Kier alpha value is -5.57. The number of piperazine rings is 1. The fourth-order valence-electron chi connectivity index (χ4n) is 9.88. The fourth-order valence-corrected chi connectivity index (χ4v) is 9.88. The second-order valence-corrected chi connectivity index (χ2v) is 16.9. The summed E-state index contributed by atoms with van der Waals surface area (Å²) < 4.78 is 78.5. The van der Waals surface area contributed by atoms with Crippen LogP contribution in [0.25, 0.3) is 32.9 Å². The Kier molecular flexibility index (Phi) is 10.3. The number of carbonyl (C=O) groups excluding carboxylic acids is 2. The highest BCUT2D eigenvalue weighted by molar-refractivity contribution is 6.00. The number of carbonyl (C=O) groups is 2. The number of anilines is 1. The summed E-state index contributed by atoms with van der Waals surface area (Å²) in [4.78, 5) is 45.7. The lowest BCUT2D eigenvalue weighted by molar-refractivity contribution is -0.170. The van der Waals surface area contributed by atoms with Crippen molar-refractivity contribution in [3.63, 3.8) is 0 Å². The van der Waals surface area contributed by atoms with Crippen molar-refractivity contribution in [1.29, 1.82) is 0 Å². The lowest BCUT2D eigenvalue weighted by atomic mass is 9.95. The van der Waals surface area contributed by atoms with Gasteiger partial charge in [0, 0.05) is 43.2 Å². The van der Waals surface area contributed by atoms with Crippen molar-refractivity contribution in [3.05, 3.63) is 89.1 Å². The van der Waals surface area contributed by atoms with Crippen LogP contribution in [0.1, 0.15) is 76.5 Å². The molecule has 9 rings (SSSR count). The molecule has 2 bridgehead atoms. The number of rotatable bonds is 9. The van der Waals surface area contributed by atoms with Crippen LogP contribution < -0.4 is 9.64 Å². The van der Waals surface area contributed by atoms with Gasteiger partial charge in [-0.3, -0.25) is 19.6 Å². The Morgan fingerprint density at radius 2 is 1.65 bits per heavy atom. The molecule has 11 nitrogen and oxygen atoms in total. The molecule has 4 aliphatic heterocycles. The van der Waals surface area contributed by atoms with Crippen molar-refractivity contribution < 1.29 is 41.4 Å². The van der Waals surface area contributed by atoms with E-state index in [-0.39, 0.29) is 75.6 Å². The predicted octanol–water partition coefficient (Wildman–Crippen LogP) is 8.79. The molecule has 0 spiro atoms. The lowest BCUT2D eigenvalue weighted by Gasteiger charge is -2.41. The minimum atomic E-state index is -1.11. The number of pyridine rings is 1. The summed E-state index contributed by atoms with van der Waals surface area (Å²) in [5, 5.41) is 0.588. The summed E-state index contributed by atoms with van der Waals surface area (Å²) in [6, 6.07) is 11.8. The molecule has 0 radical (unpaired) electrons. The highest BCUT2D eigenvalue weighted by Gasteiger charge is 2.50. The quantitative estimate of drug-likeness (QED) is 0.0813. The van der Waals surface area contributed by atoms with Gasteiger partial charge in [-0.25, -0.2) is 22.4 Å². The van der Waals surface area contributed by atoms with Gasteiger partial charge in [-0.1, -0.05) is 38.1 Å². The number of benzene rings is 3. The number of esters is 1. The normalized spacial score (nSPS) is 23.1. The number of hydrogen-bond donors (Lipinski definition) is 0. The largest absolute Gasteiger partial charge is 0.461 e. The van der Waals surface area contributed by atoms with E-state index in [4.69, 9.17) is 19.2 Å². The van der Waals surface area contributed by atoms with Crippen LogP contribution in [0.15, 0.2) is 54.7 Å². The maximum atomic E-state index is 17.2. The maximum Gasteiger partial charge on any atom is 0.413 e. The van der Waals surface area contributed by atoms with Crippen molar-refractivity contribution in [3.8, 4) is 17.3 Å². The molecular formula is C45H46F4N6O5. The van der Waals surface area contributed by atoms with Crippen LogP contribution in [-0.2, 0) is 14.3 Å². The minimum Gasteiger partial charge on any atom is -0.461 e. The molecule has 0 aliphatic carbocycles. The van der Waals surface area contributed by atoms with Gasteiger partial charge in [0.15, 0.2) is 17.5 Å². The average Bonchev–Trinajstić information content (AvgIpc) is 3.88. The Morgan fingerprint density at radius 3 is 2.38 bits per heavy atom. The molecule has 4 aliphatic rings. The summed E-state index contributed by atoms with van der Waals surface area (Å²) >= 11 is 0. The van der Waals surface area contributed by atoms with E-state index in [2.05, 4.69) is 14.9 Å². The molecule has 60 heavy (non-hydrogen) atoms. The molecule has 1 amide bonds. The molecule has 2 aromatic heterocycles. The van der Waals surface area contributed by atoms with E-state index in [1.165, 1.54) is 31.3 Å². The van der Waals surface area contributed by atoms with Gasteiger partial charge in [-0.15, -0.1) is 0 Å². The van der Waals surface area contributed by atoms with Gasteiger partial charge in [0.1, 0.15) is 29.5 Å². The van der Waals surface area contributed by atoms with Gasteiger partial charge >= 0.3 is 18.1 Å². The molecule has 5 atom stereocenters. The third kappa shape index (κ3) is 7.03. The zero-order valence-corrected chi connectivity index (χ0v) is 33.9. The van der Waals surface area contributed by atoms with Gasteiger partial charge in [0.2, 0.25) is 6.29 Å². The smallest absolute Gasteiger partial charge is 0.413 e. The van der Waals surface area contributed by atoms with Crippen molar-refractivity contribution >= 4 is 39.6 Å². The van der Waals surface area contributed by atoms with Gasteiger partial charge < -0.3 is 19.1 Å². The molecule has 0 N–H and O–H groups in total. The molecule has 5 unspecified atom stereocenters. The van der Waals surface area contributed by atoms with Crippen LogP contribution >= 0.6 is 0 Å². The van der Waals surface area contributed by atoms with E-state index in [9.17, 15) is 18.4 Å². The summed E-state index contributed by atoms with van der Waals surface area (Å²) in [6.07, 6.45) is 4.64. The Morgan fingerprint density at radius 1 is 0.900 bits per heavy atom. The first-order valence-corrected chi connectivity index (χ1v) is 20.6. The highest BCUT2D eigenvalue weighted by atomic mass is 19.2. The molecule has 4 saturated heterocycles. The Bertz CT molecular complexity index is 2490. The Balaban J connectivity index is 1.07. The molecule has 5 aromatic rings. The first-order chi connectivity index (χ1) is 28.8. The van der Waals surface area contributed by atoms with Crippen molar-refractivity contribution in [1.82, 2.24) is 24.8 Å². The summed E-state index contributed by atoms with van der Waals surface area (Å²) in [5.41, 5.74) is 1.18. The van der Waals surface area contributed by atoms with Crippen LogP contribution in [0.5, 0.6) is 6.01 Å². The van der Waals surface area contributed by atoms with Crippen LogP contribution in [0.2, 0.25) is 0 Å². The average molecular weight is 827 g/mol. The standard InChI is InChI=1S/C45H46F4N6O5/c1-24(2)42(56)59-26(4)60-44(57)55-30-11-12-31(55)22-53(21-30)41-33-20-50-39(32-19-25(3)18-28-8-13-34(47)37(48)36(28)32)38(49)40(33)51-43(52-41)58-23-45-15-5-17-54(45)35(14-16-45)27-6-9-29(46)10-7-27/h6-10,13,18-20,24,26,30-31,35H,5,11-12,14-17,21-23H2,1-4H3. The number of amides is 1. The number of aryl methyl sites for hydroxylation is 1. The number of halogens is 4. The Labute approximate surface area is 344 Å². The molecule has 0 saturated carbocycles. The van der Waals surface area contributed by atoms with E-state index < -0.39 is 35.8 Å². The van der Waals surface area contributed by atoms with Crippen LogP contribution in [0.3, 0.4) is 0 Å². The predicted molar refractivity (Wildman–Crippen MR) is 215 cm³/mol. The minimum absolute atomic E-state index is 0.0543. The van der Waals surface area contributed by atoms with Crippen LogP contribution in [0.4, 0.5) is 28.2 Å². The van der Waals surface area contributed by atoms with Crippen LogP contribution in [0, 0.1) is 36.1 Å². The van der Waals surface area contributed by atoms with E-state index in [1.807, 2.05) is 17.0 Å². The van der Waals surface area contributed by atoms with E-state index in [0.29, 0.717) is 42.7 Å². The van der Waals surface area contributed by atoms with E-state index in [1.54, 1.807) is 37.8 Å². The van der Waals surface area contributed by atoms with E-state index in [0.717, 1.165) is 43.9 Å². The molecule has 4 fully saturated rings. The highest BCUT2D eigenvalue weighted by Crippen LogP contribution is 2.49. The summed E-state index contributed by atoms with van der Waals surface area (Å²) in [5.74, 6) is -3.80. The van der Waals surface area contributed by atoms with Crippen LogP contribution in [-0.4, -0.2) is 87.0 Å². The molecule has 314 valence electrons. The molecule has 6 heterocycles.